The maximum absolute atomic E-state index is 11.9. The van der Waals surface area contributed by atoms with Crippen molar-refractivity contribution >= 4 is 11.6 Å². The topological polar surface area (TPSA) is 41.1 Å². The standard InChI is InChI=1S/C16H26N2O/c1-12(2)18-15(19)13-7-6-8-14(11-13)17-10-9-16(3,4)5/h6-8,11-12,17H,9-10H2,1-5H3,(H,18,19). The molecule has 3 nitrogen and oxygen atoms in total. The molecule has 19 heavy (non-hydrogen) atoms. The number of hydrogen-bond acceptors (Lipinski definition) is 2. The molecule has 0 aliphatic rings. The van der Waals surface area contributed by atoms with Crippen molar-refractivity contribution < 1.29 is 4.79 Å². The predicted molar refractivity (Wildman–Crippen MR) is 81.6 cm³/mol. The fourth-order valence-corrected chi connectivity index (χ4v) is 1.70. The van der Waals surface area contributed by atoms with Crippen molar-refractivity contribution in [3.8, 4) is 0 Å². The Morgan fingerprint density at radius 3 is 2.53 bits per heavy atom. The molecular weight excluding hydrogens is 236 g/mol. The highest BCUT2D eigenvalue weighted by molar-refractivity contribution is 5.95. The van der Waals surface area contributed by atoms with Crippen molar-refractivity contribution in [3.05, 3.63) is 29.8 Å². The van der Waals surface area contributed by atoms with Gasteiger partial charge in [-0.25, -0.2) is 0 Å². The van der Waals surface area contributed by atoms with Crippen LogP contribution in [0.2, 0.25) is 0 Å². The largest absolute Gasteiger partial charge is 0.385 e. The molecule has 0 unspecified atom stereocenters. The SMILES string of the molecule is CC(C)NC(=O)c1cccc(NCCC(C)(C)C)c1. The molecule has 0 heterocycles. The summed E-state index contributed by atoms with van der Waals surface area (Å²) in [6.07, 6.45) is 1.09. The van der Waals surface area contributed by atoms with Crippen LogP contribution < -0.4 is 10.6 Å². The van der Waals surface area contributed by atoms with E-state index in [0.717, 1.165) is 18.7 Å². The summed E-state index contributed by atoms with van der Waals surface area (Å²) < 4.78 is 0. The molecule has 0 aliphatic carbocycles. The van der Waals surface area contributed by atoms with E-state index in [9.17, 15) is 4.79 Å². The van der Waals surface area contributed by atoms with E-state index in [2.05, 4.69) is 31.4 Å². The molecule has 0 bridgehead atoms. The van der Waals surface area contributed by atoms with E-state index >= 15 is 0 Å². The van der Waals surface area contributed by atoms with Crippen molar-refractivity contribution in [2.24, 2.45) is 5.41 Å². The van der Waals surface area contributed by atoms with E-state index in [0.29, 0.717) is 11.0 Å². The van der Waals surface area contributed by atoms with Gasteiger partial charge >= 0.3 is 0 Å². The molecule has 1 amide bonds. The summed E-state index contributed by atoms with van der Waals surface area (Å²) in [6.45, 7) is 11.5. The first-order valence-electron chi connectivity index (χ1n) is 6.93. The summed E-state index contributed by atoms with van der Waals surface area (Å²) in [5, 5.41) is 6.27. The number of nitrogens with one attached hydrogen (secondary N) is 2. The normalized spacial score (nSPS) is 11.5. The highest BCUT2D eigenvalue weighted by atomic mass is 16.1. The summed E-state index contributed by atoms with van der Waals surface area (Å²) in [7, 11) is 0. The Balaban J connectivity index is 2.59. The van der Waals surface area contributed by atoms with Crippen LogP contribution in [0.25, 0.3) is 0 Å². The van der Waals surface area contributed by atoms with E-state index in [4.69, 9.17) is 0 Å². The third-order valence-electron chi connectivity index (χ3n) is 2.75. The van der Waals surface area contributed by atoms with E-state index in [1.807, 2.05) is 38.1 Å². The van der Waals surface area contributed by atoms with Crippen LogP contribution in [0.3, 0.4) is 0 Å². The minimum Gasteiger partial charge on any atom is -0.385 e. The van der Waals surface area contributed by atoms with Gasteiger partial charge in [0.25, 0.3) is 5.91 Å². The van der Waals surface area contributed by atoms with Crippen LogP contribution in [0.1, 0.15) is 51.4 Å². The average molecular weight is 262 g/mol. The van der Waals surface area contributed by atoms with E-state index in [1.54, 1.807) is 0 Å². The minimum absolute atomic E-state index is 0.0190. The highest BCUT2D eigenvalue weighted by Gasteiger charge is 2.10. The molecule has 0 radical (unpaired) electrons. The number of amides is 1. The second kappa shape index (κ2) is 6.60. The number of anilines is 1. The Kier molecular flexibility index (Phi) is 5.40. The molecule has 0 fully saturated rings. The summed E-state index contributed by atoms with van der Waals surface area (Å²) >= 11 is 0. The van der Waals surface area contributed by atoms with Crippen LogP contribution in [0.15, 0.2) is 24.3 Å². The number of carbonyl (C=O) groups excluding carboxylic acids is 1. The van der Waals surface area contributed by atoms with Gasteiger partial charge < -0.3 is 10.6 Å². The third-order valence-corrected chi connectivity index (χ3v) is 2.75. The zero-order valence-corrected chi connectivity index (χ0v) is 12.7. The number of rotatable bonds is 5. The van der Waals surface area contributed by atoms with Gasteiger partial charge in [-0.1, -0.05) is 26.8 Å². The summed E-state index contributed by atoms with van der Waals surface area (Å²) in [5.74, 6) is -0.0190. The fourth-order valence-electron chi connectivity index (χ4n) is 1.70. The lowest BCUT2D eigenvalue weighted by Gasteiger charge is -2.18. The van der Waals surface area contributed by atoms with Crippen LogP contribution in [0, 0.1) is 5.41 Å². The molecule has 1 aromatic carbocycles. The smallest absolute Gasteiger partial charge is 0.251 e. The van der Waals surface area contributed by atoms with Crippen molar-refractivity contribution in [1.82, 2.24) is 5.32 Å². The second-order valence-electron chi connectivity index (χ2n) is 6.45. The molecule has 0 aliphatic heterocycles. The molecule has 0 atom stereocenters. The van der Waals surface area contributed by atoms with Crippen molar-refractivity contribution in [1.29, 1.82) is 0 Å². The molecule has 3 heteroatoms. The van der Waals surface area contributed by atoms with Crippen molar-refractivity contribution in [2.45, 2.75) is 47.1 Å². The first-order valence-corrected chi connectivity index (χ1v) is 6.93. The van der Waals surface area contributed by atoms with Gasteiger partial charge in [0, 0.05) is 23.8 Å². The van der Waals surface area contributed by atoms with Crippen LogP contribution in [0.4, 0.5) is 5.69 Å². The van der Waals surface area contributed by atoms with Gasteiger partial charge in [-0.2, -0.15) is 0 Å². The van der Waals surface area contributed by atoms with Gasteiger partial charge in [0.15, 0.2) is 0 Å². The highest BCUT2D eigenvalue weighted by Crippen LogP contribution is 2.19. The Morgan fingerprint density at radius 1 is 1.26 bits per heavy atom. The van der Waals surface area contributed by atoms with Gasteiger partial charge in [-0.3, -0.25) is 4.79 Å². The summed E-state index contributed by atoms with van der Waals surface area (Å²) in [4.78, 5) is 11.9. The van der Waals surface area contributed by atoms with Crippen molar-refractivity contribution in [3.63, 3.8) is 0 Å². The predicted octanol–water partition coefficient (Wildman–Crippen LogP) is 3.67. The monoisotopic (exact) mass is 262 g/mol. The van der Waals surface area contributed by atoms with Crippen molar-refractivity contribution in [2.75, 3.05) is 11.9 Å². The lowest BCUT2D eigenvalue weighted by molar-refractivity contribution is 0.0943. The lowest BCUT2D eigenvalue weighted by atomic mass is 9.92. The van der Waals surface area contributed by atoms with E-state index < -0.39 is 0 Å². The van der Waals surface area contributed by atoms with Crippen LogP contribution in [-0.2, 0) is 0 Å². The minimum atomic E-state index is -0.0190. The molecule has 0 spiro atoms. The number of benzene rings is 1. The number of carbonyl (C=O) groups is 1. The quantitative estimate of drug-likeness (QED) is 0.850. The molecule has 1 rings (SSSR count). The molecule has 106 valence electrons. The van der Waals surface area contributed by atoms with Gasteiger partial charge in [0.1, 0.15) is 0 Å². The molecular formula is C16H26N2O. The summed E-state index contributed by atoms with van der Waals surface area (Å²) in [6, 6.07) is 7.81. The Hall–Kier alpha value is -1.51. The van der Waals surface area contributed by atoms with Gasteiger partial charge in [-0.05, 0) is 43.9 Å². The fraction of sp³-hybridized carbons (Fsp3) is 0.562. The first-order chi connectivity index (χ1) is 8.78. The van der Waals surface area contributed by atoms with Crippen LogP contribution in [0.5, 0.6) is 0 Å². The maximum atomic E-state index is 11.9. The average Bonchev–Trinajstić information content (AvgIpc) is 2.26. The lowest BCUT2D eigenvalue weighted by Crippen LogP contribution is -2.30. The first kappa shape index (κ1) is 15.5. The second-order valence-corrected chi connectivity index (χ2v) is 6.45. The zero-order chi connectivity index (χ0) is 14.5. The maximum Gasteiger partial charge on any atom is 0.251 e. The zero-order valence-electron chi connectivity index (χ0n) is 12.7. The van der Waals surface area contributed by atoms with Crippen LogP contribution in [-0.4, -0.2) is 18.5 Å². The Bertz CT molecular complexity index is 419. The molecule has 0 saturated heterocycles. The molecule has 0 saturated carbocycles. The molecule has 2 N–H and O–H groups in total. The van der Waals surface area contributed by atoms with Gasteiger partial charge in [0.05, 0.1) is 0 Å². The van der Waals surface area contributed by atoms with E-state index in [1.165, 1.54) is 0 Å². The van der Waals surface area contributed by atoms with E-state index in [-0.39, 0.29) is 11.9 Å². The van der Waals surface area contributed by atoms with Gasteiger partial charge in [-0.15, -0.1) is 0 Å². The summed E-state index contributed by atoms with van der Waals surface area (Å²) in [5.41, 5.74) is 2.02. The third kappa shape index (κ3) is 6.27. The Morgan fingerprint density at radius 2 is 1.95 bits per heavy atom. The van der Waals surface area contributed by atoms with Gasteiger partial charge in [0.2, 0.25) is 0 Å². The Labute approximate surface area is 116 Å². The number of hydrogen-bond donors (Lipinski definition) is 2. The van der Waals surface area contributed by atoms with Crippen LogP contribution >= 0.6 is 0 Å². The molecule has 0 aromatic heterocycles. The molecule has 1 aromatic rings.